The molecule has 1 aromatic rings. The molecule has 1 aliphatic carbocycles. The van der Waals surface area contributed by atoms with Crippen molar-refractivity contribution in [3.05, 3.63) is 36.2 Å². The Kier molecular flexibility index (Phi) is 24.4. The van der Waals surface area contributed by atoms with Crippen LogP contribution >= 0.6 is 0 Å². The highest BCUT2D eigenvalue weighted by atomic mass is 28.4. The van der Waals surface area contributed by atoms with Gasteiger partial charge in [0.15, 0.2) is 22.7 Å². The zero-order valence-corrected chi connectivity index (χ0v) is 47.1. The van der Waals surface area contributed by atoms with Crippen LogP contribution < -0.4 is 0 Å². The molecule has 1 saturated heterocycles. The second-order valence-corrected chi connectivity index (χ2v) is 30.8. The summed E-state index contributed by atoms with van der Waals surface area (Å²) in [5, 5.41) is 8.62. The molecule has 0 aromatic carbocycles. The molecular formula is C52H89N5O11Si2. The summed E-state index contributed by atoms with van der Waals surface area (Å²) < 4.78 is 30.3. The molecule has 2 aliphatic rings. The maximum atomic E-state index is 13.9. The van der Waals surface area contributed by atoms with Crippen molar-refractivity contribution in [3.63, 3.8) is 0 Å². The molecule has 396 valence electrons. The summed E-state index contributed by atoms with van der Waals surface area (Å²) in [4.78, 5) is 83.4. The number of aromatic nitrogens is 3. The number of carbonyl (C=O) groups is 6. The van der Waals surface area contributed by atoms with Crippen molar-refractivity contribution in [1.82, 2.24) is 24.8 Å². The third kappa shape index (κ3) is 19.5. The lowest BCUT2D eigenvalue weighted by Gasteiger charge is -2.34. The number of ether oxygens (including phenoxy) is 4. The van der Waals surface area contributed by atoms with E-state index in [0.717, 1.165) is 31.7 Å². The molecule has 5 unspecified atom stereocenters. The number of rotatable bonds is 32. The summed E-state index contributed by atoms with van der Waals surface area (Å²) in [6.07, 6.45) is 16.2. The molecule has 70 heavy (non-hydrogen) atoms. The van der Waals surface area contributed by atoms with Gasteiger partial charge in [-0.1, -0.05) is 62.1 Å². The fraction of sp³-hybridized carbons (Fsp3) is 0.769. The lowest BCUT2D eigenvalue weighted by molar-refractivity contribution is -0.163. The minimum Gasteiger partial charge on any atom is -0.466 e. The van der Waals surface area contributed by atoms with E-state index in [9.17, 15) is 28.8 Å². The summed E-state index contributed by atoms with van der Waals surface area (Å²) in [6, 6.07) is 1.16. The molecule has 0 radical (unpaired) electrons. The van der Waals surface area contributed by atoms with Gasteiger partial charge in [0.2, 0.25) is 17.7 Å². The average Bonchev–Trinajstić information content (AvgIpc) is 3.95. The topological polar surface area (TPSA) is 186 Å². The second-order valence-electron chi connectivity index (χ2n) is 21.9. The Morgan fingerprint density at radius 1 is 0.814 bits per heavy atom. The zero-order chi connectivity index (χ0) is 52.3. The van der Waals surface area contributed by atoms with E-state index in [0.29, 0.717) is 38.2 Å². The quantitative estimate of drug-likeness (QED) is 0.0166. The number of fused-ring (bicyclic) bond motifs is 1. The van der Waals surface area contributed by atoms with Gasteiger partial charge in [0, 0.05) is 26.1 Å². The van der Waals surface area contributed by atoms with Crippen molar-refractivity contribution in [2.45, 2.75) is 189 Å². The number of allylic oxidation sites excluding steroid dienone is 4. The molecule has 1 saturated carbocycles. The summed E-state index contributed by atoms with van der Waals surface area (Å²) in [5.41, 5.74) is -1.47. The van der Waals surface area contributed by atoms with Gasteiger partial charge in [-0.3, -0.25) is 28.9 Å². The van der Waals surface area contributed by atoms with Gasteiger partial charge in [0.1, 0.15) is 17.9 Å². The second kappa shape index (κ2) is 28.3. The Labute approximate surface area is 421 Å². The number of unbranched alkanes of at least 4 members (excludes halogenated alkanes) is 4. The van der Waals surface area contributed by atoms with Crippen molar-refractivity contribution in [1.29, 1.82) is 0 Å². The molecule has 2 heterocycles. The first-order valence-corrected chi connectivity index (χ1v) is 32.2. The standard InChI is InChI=1S/C52H89N5O11Si2/c1-14-18-33-69(10,11)68-70(12,13)34-23-30-64-31-32-66-44(59)27-26-43(58)55(28-21-19-20-22-29-56-47(60)45-39(24-15-2)35-40(25-16-3)46(45)48(56)61)37-41-38-57(54-53-41)42(49(62)67-51(5,6)7)36-52(8,9)50(63)65-17-4/h15-16,24-25,38-40,42,45-46H,14,17-23,26-37H2,1-13H3. The fourth-order valence-corrected chi connectivity index (χ4v) is 18.7. The maximum Gasteiger partial charge on any atom is 0.331 e. The Morgan fingerprint density at radius 3 is 2.01 bits per heavy atom. The van der Waals surface area contributed by atoms with Gasteiger partial charge < -0.3 is 28.0 Å². The number of carbonyl (C=O) groups excluding carboxylic acids is 6. The minimum atomic E-state index is -1.81. The Bertz CT molecular complexity index is 1890. The van der Waals surface area contributed by atoms with Gasteiger partial charge in [-0.25, -0.2) is 9.48 Å². The van der Waals surface area contributed by atoms with E-state index in [1.165, 1.54) is 28.5 Å². The zero-order valence-electron chi connectivity index (χ0n) is 45.1. The van der Waals surface area contributed by atoms with E-state index >= 15 is 0 Å². The van der Waals surface area contributed by atoms with Crippen LogP contribution in [0.4, 0.5) is 0 Å². The van der Waals surface area contributed by atoms with E-state index in [2.05, 4.69) is 55.6 Å². The third-order valence-corrected chi connectivity index (χ3v) is 20.5. The lowest BCUT2D eigenvalue weighted by Crippen LogP contribution is -2.44. The SMILES string of the molecule is CC=CC1CC(C=CC)C2C(=O)N(CCCCCCN(Cc3cn(C(CC(C)(C)C(=O)OCC)C(=O)OC(C)(C)C)nn3)C(=O)CCC(=O)OCCOCCC[Si](C)(C)O[Si](C)(C)CCCC)C(=O)C12. The van der Waals surface area contributed by atoms with Crippen molar-refractivity contribution in [3.8, 4) is 0 Å². The molecule has 1 aromatic heterocycles. The lowest BCUT2D eigenvalue weighted by atomic mass is 9.85. The highest BCUT2D eigenvalue weighted by molar-refractivity contribution is 6.84. The molecule has 0 N–H and O–H groups in total. The number of amides is 3. The van der Waals surface area contributed by atoms with Crippen molar-refractivity contribution < 1.29 is 51.8 Å². The van der Waals surface area contributed by atoms with Gasteiger partial charge in [-0.15, -0.1) is 5.10 Å². The van der Waals surface area contributed by atoms with E-state index in [-0.39, 0.29) is 87.0 Å². The average molecular weight is 1020 g/mol. The number of imide groups is 1. The minimum absolute atomic E-state index is 0.0235. The summed E-state index contributed by atoms with van der Waals surface area (Å²) in [7, 11) is -3.49. The van der Waals surface area contributed by atoms with Gasteiger partial charge in [-0.05, 0) is 138 Å². The monoisotopic (exact) mass is 1020 g/mol. The van der Waals surface area contributed by atoms with Crippen LogP contribution in [0.5, 0.6) is 0 Å². The number of likely N-dealkylation sites (tertiary alicyclic amines) is 1. The molecule has 3 rings (SSSR count). The predicted molar refractivity (Wildman–Crippen MR) is 275 cm³/mol. The molecule has 0 spiro atoms. The van der Waals surface area contributed by atoms with Crippen LogP contribution in [-0.2, 0) is 58.4 Å². The first-order valence-electron chi connectivity index (χ1n) is 26.0. The first kappa shape index (κ1) is 60.3. The molecule has 5 atom stereocenters. The molecule has 18 heteroatoms. The molecule has 0 bridgehead atoms. The van der Waals surface area contributed by atoms with Gasteiger partial charge >= 0.3 is 17.9 Å². The van der Waals surface area contributed by atoms with Crippen LogP contribution in [0.1, 0.15) is 145 Å². The molecule has 1 aliphatic heterocycles. The Hall–Kier alpha value is -4.01. The molecule has 16 nitrogen and oxygen atoms in total. The van der Waals surface area contributed by atoms with E-state index in [4.69, 9.17) is 23.1 Å². The third-order valence-electron chi connectivity index (χ3n) is 13.0. The van der Waals surface area contributed by atoms with Crippen LogP contribution in [0.15, 0.2) is 30.5 Å². The first-order chi connectivity index (χ1) is 32.9. The van der Waals surface area contributed by atoms with E-state index in [1.807, 2.05) is 26.0 Å². The van der Waals surface area contributed by atoms with E-state index in [1.54, 1.807) is 52.6 Å². The van der Waals surface area contributed by atoms with Crippen molar-refractivity contribution in [2.24, 2.45) is 29.1 Å². The predicted octanol–water partition coefficient (Wildman–Crippen LogP) is 9.38. The van der Waals surface area contributed by atoms with Gasteiger partial charge in [-0.2, -0.15) is 0 Å². The van der Waals surface area contributed by atoms with Crippen LogP contribution in [0.3, 0.4) is 0 Å². The van der Waals surface area contributed by atoms with Crippen LogP contribution in [0.25, 0.3) is 0 Å². The van der Waals surface area contributed by atoms with Gasteiger partial charge in [0.05, 0.1) is 49.6 Å². The largest absolute Gasteiger partial charge is 0.466 e. The van der Waals surface area contributed by atoms with Crippen LogP contribution in [0.2, 0.25) is 38.3 Å². The summed E-state index contributed by atoms with van der Waals surface area (Å²) in [6.45, 7) is 27.5. The normalized spacial score (nSPS) is 19.3. The maximum absolute atomic E-state index is 13.9. The number of hydrogen-bond donors (Lipinski definition) is 0. The number of hydrogen-bond acceptors (Lipinski definition) is 13. The van der Waals surface area contributed by atoms with Crippen LogP contribution in [0, 0.1) is 29.1 Å². The number of nitrogens with zero attached hydrogens (tertiary/aromatic N) is 5. The van der Waals surface area contributed by atoms with Gasteiger partial charge in [0.25, 0.3) is 0 Å². The fourth-order valence-electron chi connectivity index (χ4n) is 9.70. The summed E-state index contributed by atoms with van der Waals surface area (Å²) in [5.74, 6) is -2.54. The number of esters is 3. The van der Waals surface area contributed by atoms with Crippen molar-refractivity contribution in [2.75, 3.05) is 39.5 Å². The highest BCUT2D eigenvalue weighted by Gasteiger charge is 2.57. The van der Waals surface area contributed by atoms with Crippen molar-refractivity contribution >= 4 is 52.3 Å². The Balaban J connectivity index is 1.63. The van der Waals surface area contributed by atoms with E-state index < -0.39 is 51.6 Å². The smallest absolute Gasteiger partial charge is 0.331 e. The molecule has 3 amide bonds. The van der Waals surface area contributed by atoms with Crippen LogP contribution in [-0.4, -0.2) is 122 Å². The Morgan fingerprint density at radius 2 is 1.43 bits per heavy atom. The molecule has 2 fully saturated rings. The summed E-state index contributed by atoms with van der Waals surface area (Å²) >= 11 is 0. The molecular weight excluding hydrogens is 927 g/mol. The highest BCUT2D eigenvalue weighted by Crippen LogP contribution is 2.49.